The maximum Gasteiger partial charge on any atom is 0.0499 e. The summed E-state index contributed by atoms with van der Waals surface area (Å²) in [5.41, 5.74) is 4.18. The van der Waals surface area contributed by atoms with Gasteiger partial charge >= 0.3 is 0 Å². The monoisotopic (exact) mass is 261 g/mol. The average molecular weight is 261 g/mol. The zero-order chi connectivity index (χ0) is 13.7. The second-order valence-corrected chi connectivity index (χ2v) is 6.25. The second kappa shape index (κ2) is 6.53. The van der Waals surface area contributed by atoms with Crippen LogP contribution in [0.15, 0.2) is 18.2 Å². The molecule has 1 aromatic rings. The van der Waals surface area contributed by atoms with E-state index in [0.717, 1.165) is 13.1 Å². The van der Waals surface area contributed by atoms with Crippen molar-refractivity contribution in [2.75, 3.05) is 13.2 Å². The second-order valence-electron chi connectivity index (χ2n) is 6.25. The molecule has 2 heteroatoms. The molecule has 1 aliphatic carbocycles. The summed E-state index contributed by atoms with van der Waals surface area (Å²) in [7, 11) is 0. The summed E-state index contributed by atoms with van der Waals surface area (Å²) in [6.07, 6.45) is 6.21. The number of rotatable bonds is 5. The Kier molecular flexibility index (Phi) is 5.00. The fourth-order valence-electron chi connectivity index (χ4n) is 3.15. The van der Waals surface area contributed by atoms with E-state index in [1.165, 1.54) is 48.8 Å². The highest BCUT2D eigenvalue weighted by Crippen LogP contribution is 2.35. The van der Waals surface area contributed by atoms with E-state index in [9.17, 15) is 5.11 Å². The number of benzene rings is 1. The van der Waals surface area contributed by atoms with Gasteiger partial charge in [-0.2, -0.15) is 0 Å². The van der Waals surface area contributed by atoms with E-state index in [1.807, 2.05) is 0 Å². The van der Waals surface area contributed by atoms with Crippen LogP contribution in [0.25, 0.3) is 0 Å². The molecule has 0 saturated heterocycles. The molecule has 0 radical (unpaired) electrons. The predicted octanol–water partition coefficient (Wildman–Crippen LogP) is 3.34. The molecule has 0 aromatic heterocycles. The molecule has 1 aliphatic rings. The van der Waals surface area contributed by atoms with E-state index >= 15 is 0 Å². The summed E-state index contributed by atoms with van der Waals surface area (Å²) in [6, 6.07) is 6.61. The molecule has 19 heavy (non-hydrogen) atoms. The van der Waals surface area contributed by atoms with Crippen molar-refractivity contribution in [3.63, 3.8) is 0 Å². The molecule has 2 N–H and O–H groups in total. The number of aryl methyl sites for hydroxylation is 2. The summed E-state index contributed by atoms with van der Waals surface area (Å²) in [6.45, 7) is 6.48. The van der Waals surface area contributed by atoms with Gasteiger partial charge in [0.2, 0.25) is 0 Å². The maximum atomic E-state index is 9.70. The Morgan fingerprint density at radius 1 is 1.16 bits per heavy atom. The molecular formula is C17H27NO. The Labute approximate surface area is 117 Å². The molecule has 1 fully saturated rings. The van der Waals surface area contributed by atoms with Crippen molar-refractivity contribution in [3.8, 4) is 0 Å². The lowest BCUT2D eigenvalue weighted by Crippen LogP contribution is -2.38. The normalized spacial score (nSPS) is 18.5. The third kappa shape index (κ3) is 3.80. The van der Waals surface area contributed by atoms with Crippen LogP contribution in [0.1, 0.15) is 48.8 Å². The molecule has 2 rings (SSSR count). The van der Waals surface area contributed by atoms with Crippen LogP contribution < -0.4 is 5.32 Å². The lowest BCUT2D eigenvalue weighted by Gasteiger charge is -2.36. The van der Waals surface area contributed by atoms with Gasteiger partial charge in [0.05, 0.1) is 0 Å². The molecular weight excluding hydrogens is 234 g/mol. The summed E-state index contributed by atoms with van der Waals surface area (Å²) in [4.78, 5) is 0. The van der Waals surface area contributed by atoms with E-state index < -0.39 is 0 Å². The van der Waals surface area contributed by atoms with Gasteiger partial charge in [-0.3, -0.25) is 0 Å². The predicted molar refractivity (Wildman–Crippen MR) is 80.2 cm³/mol. The summed E-state index contributed by atoms with van der Waals surface area (Å²) >= 11 is 0. The van der Waals surface area contributed by atoms with E-state index in [-0.39, 0.29) is 5.41 Å². The first kappa shape index (κ1) is 14.5. The summed E-state index contributed by atoms with van der Waals surface area (Å²) in [5, 5.41) is 13.3. The van der Waals surface area contributed by atoms with Gasteiger partial charge in [-0.25, -0.2) is 0 Å². The van der Waals surface area contributed by atoms with Crippen LogP contribution in [-0.4, -0.2) is 18.3 Å². The van der Waals surface area contributed by atoms with Crippen LogP contribution in [-0.2, 0) is 6.54 Å². The molecule has 0 amide bonds. The zero-order valence-corrected chi connectivity index (χ0v) is 12.3. The Morgan fingerprint density at radius 2 is 1.89 bits per heavy atom. The van der Waals surface area contributed by atoms with Crippen LogP contribution in [0.3, 0.4) is 0 Å². The summed E-state index contributed by atoms with van der Waals surface area (Å²) in [5.74, 6) is 0. The Bertz CT molecular complexity index is 408. The standard InChI is InChI=1S/C17H27NO/c1-14-6-7-15(2)16(10-14)11-18-12-17(13-19)8-4-3-5-9-17/h6-7,10,18-19H,3-5,8-9,11-13H2,1-2H3. The largest absolute Gasteiger partial charge is 0.396 e. The first-order valence-corrected chi connectivity index (χ1v) is 7.53. The van der Waals surface area contributed by atoms with Gasteiger partial charge < -0.3 is 10.4 Å². The van der Waals surface area contributed by atoms with Crippen molar-refractivity contribution < 1.29 is 5.11 Å². The molecule has 1 saturated carbocycles. The van der Waals surface area contributed by atoms with Crippen molar-refractivity contribution in [2.24, 2.45) is 5.41 Å². The maximum absolute atomic E-state index is 9.70. The number of nitrogens with one attached hydrogen (secondary N) is 1. The molecule has 0 heterocycles. The van der Waals surface area contributed by atoms with Crippen molar-refractivity contribution in [1.82, 2.24) is 5.32 Å². The van der Waals surface area contributed by atoms with Crippen LogP contribution in [0.5, 0.6) is 0 Å². The third-order valence-corrected chi connectivity index (χ3v) is 4.57. The molecule has 2 nitrogen and oxygen atoms in total. The highest BCUT2D eigenvalue weighted by Gasteiger charge is 2.30. The number of hydrogen-bond acceptors (Lipinski definition) is 2. The van der Waals surface area contributed by atoms with Gasteiger partial charge in [0.15, 0.2) is 0 Å². The van der Waals surface area contributed by atoms with Gasteiger partial charge in [0.1, 0.15) is 0 Å². The summed E-state index contributed by atoms with van der Waals surface area (Å²) < 4.78 is 0. The minimum atomic E-state index is 0.135. The fourth-order valence-corrected chi connectivity index (χ4v) is 3.15. The van der Waals surface area contributed by atoms with Gasteiger partial charge in [-0.1, -0.05) is 43.0 Å². The number of aliphatic hydroxyl groups excluding tert-OH is 1. The molecule has 0 aliphatic heterocycles. The lowest BCUT2D eigenvalue weighted by molar-refractivity contribution is 0.0810. The van der Waals surface area contributed by atoms with E-state index in [0.29, 0.717) is 6.61 Å². The van der Waals surface area contributed by atoms with Crippen LogP contribution in [0.2, 0.25) is 0 Å². The van der Waals surface area contributed by atoms with Gasteiger partial charge in [0.25, 0.3) is 0 Å². The van der Waals surface area contributed by atoms with E-state index in [2.05, 4.69) is 37.4 Å². The average Bonchev–Trinajstić information content (AvgIpc) is 2.44. The Morgan fingerprint density at radius 3 is 2.58 bits per heavy atom. The lowest BCUT2D eigenvalue weighted by atomic mass is 9.74. The zero-order valence-electron chi connectivity index (χ0n) is 12.3. The number of aliphatic hydroxyl groups is 1. The first-order chi connectivity index (χ1) is 9.15. The Hall–Kier alpha value is -0.860. The molecule has 0 bridgehead atoms. The highest BCUT2D eigenvalue weighted by atomic mass is 16.3. The fraction of sp³-hybridized carbons (Fsp3) is 0.647. The van der Waals surface area contributed by atoms with Gasteiger partial charge in [-0.15, -0.1) is 0 Å². The van der Waals surface area contributed by atoms with Gasteiger partial charge in [0, 0.05) is 25.1 Å². The van der Waals surface area contributed by atoms with Crippen molar-refractivity contribution in [3.05, 3.63) is 34.9 Å². The van der Waals surface area contributed by atoms with Crippen molar-refractivity contribution in [1.29, 1.82) is 0 Å². The van der Waals surface area contributed by atoms with Crippen LogP contribution in [0.4, 0.5) is 0 Å². The quantitative estimate of drug-likeness (QED) is 0.852. The van der Waals surface area contributed by atoms with Crippen molar-refractivity contribution >= 4 is 0 Å². The molecule has 0 atom stereocenters. The number of hydrogen-bond donors (Lipinski definition) is 2. The van der Waals surface area contributed by atoms with E-state index in [4.69, 9.17) is 0 Å². The smallest absolute Gasteiger partial charge is 0.0499 e. The van der Waals surface area contributed by atoms with Crippen LogP contribution >= 0.6 is 0 Å². The molecule has 0 unspecified atom stereocenters. The first-order valence-electron chi connectivity index (χ1n) is 7.53. The SMILES string of the molecule is Cc1ccc(C)c(CNCC2(CO)CCCCC2)c1. The van der Waals surface area contributed by atoms with E-state index in [1.54, 1.807) is 0 Å². The molecule has 106 valence electrons. The molecule has 1 aromatic carbocycles. The minimum Gasteiger partial charge on any atom is -0.396 e. The van der Waals surface area contributed by atoms with Crippen LogP contribution in [0, 0.1) is 19.3 Å². The highest BCUT2D eigenvalue weighted by molar-refractivity contribution is 5.30. The minimum absolute atomic E-state index is 0.135. The molecule has 0 spiro atoms. The topological polar surface area (TPSA) is 32.3 Å². The third-order valence-electron chi connectivity index (χ3n) is 4.57. The van der Waals surface area contributed by atoms with Crippen molar-refractivity contribution in [2.45, 2.75) is 52.5 Å². The van der Waals surface area contributed by atoms with Gasteiger partial charge in [-0.05, 0) is 37.8 Å². The Balaban J connectivity index is 1.90.